The van der Waals surface area contributed by atoms with E-state index in [-0.39, 0.29) is 23.7 Å². The molecule has 138 valence electrons. The zero-order valence-electron chi connectivity index (χ0n) is 13.5. The van der Waals surface area contributed by atoms with Crippen molar-refractivity contribution in [3.63, 3.8) is 0 Å². The van der Waals surface area contributed by atoms with E-state index in [0.717, 1.165) is 12.1 Å². The van der Waals surface area contributed by atoms with Gasteiger partial charge in [0.05, 0.1) is 29.4 Å². The fourth-order valence-electron chi connectivity index (χ4n) is 2.62. The minimum Gasteiger partial charge on any atom is -0.467 e. The van der Waals surface area contributed by atoms with Gasteiger partial charge < -0.3 is 13.5 Å². The monoisotopic (exact) mass is 376 g/mol. The van der Waals surface area contributed by atoms with Gasteiger partial charge in [-0.25, -0.2) is 4.98 Å². The summed E-state index contributed by atoms with van der Waals surface area (Å²) in [5.74, 6) is 0.00986. The molecule has 0 radical (unpaired) electrons. The topological polar surface area (TPSA) is 86.1 Å². The van der Waals surface area contributed by atoms with Crippen LogP contribution in [0.2, 0.25) is 0 Å². The summed E-state index contributed by atoms with van der Waals surface area (Å²) in [5, 5.41) is 6.07. The second-order valence-corrected chi connectivity index (χ2v) is 5.64. The van der Waals surface area contributed by atoms with E-state index in [1.165, 1.54) is 24.7 Å². The first-order valence-corrected chi connectivity index (χ1v) is 7.73. The van der Waals surface area contributed by atoms with Crippen molar-refractivity contribution in [2.45, 2.75) is 12.7 Å². The molecule has 1 aromatic carbocycles. The van der Waals surface area contributed by atoms with Crippen molar-refractivity contribution < 1.29 is 26.9 Å². The summed E-state index contributed by atoms with van der Waals surface area (Å²) >= 11 is 0. The average Bonchev–Trinajstić information content (AvgIpc) is 3.36. The van der Waals surface area contributed by atoms with Crippen LogP contribution in [0.15, 0.2) is 57.9 Å². The van der Waals surface area contributed by atoms with E-state index in [4.69, 9.17) is 4.42 Å². The standard InChI is InChI=1S/C17H11F3N4O3/c18-17(19,20)10-3-4-14-13(8-10)21-16(22-15(25)12-5-7-27-23-12)24(14)9-11-2-1-6-26-11/h1-8H,9H2,(H,21,22,25). The van der Waals surface area contributed by atoms with Gasteiger partial charge in [-0.1, -0.05) is 5.16 Å². The number of halogens is 3. The molecule has 1 amide bonds. The molecule has 4 aromatic rings. The first-order valence-electron chi connectivity index (χ1n) is 7.73. The van der Waals surface area contributed by atoms with Crippen molar-refractivity contribution >= 4 is 22.9 Å². The Balaban J connectivity index is 1.78. The highest BCUT2D eigenvalue weighted by atomic mass is 19.4. The second-order valence-electron chi connectivity index (χ2n) is 5.64. The first-order chi connectivity index (χ1) is 12.9. The number of rotatable bonds is 4. The molecule has 10 heteroatoms. The van der Waals surface area contributed by atoms with Gasteiger partial charge in [-0.15, -0.1) is 0 Å². The number of alkyl halides is 3. The summed E-state index contributed by atoms with van der Waals surface area (Å²) in [6.07, 6.45) is -1.79. The molecular weight excluding hydrogens is 365 g/mol. The third kappa shape index (κ3) is 3.28. The van der Waals surface area contributed by atoms with E-state index >= 15 is 0 Å². The van der Waals surface area contributed by atoms with Crippen LogP contribution in [0.5, 0.6) is 0 Å². The molecule has 0 atom stereocenters. The van der Waals surface area contributed by atoms with Crippen LogP contribution in [-0.4, -0.2) is 20.6 Å². The Bertz CT molecular complexity index is 1080. The van der Waals surface area contributed by atoms with Crippen molar-refractivity contribution in [3.8, 4) is 0 Å². The third-order valence-corrected chi connectivity index (χ3v) is 3.87. The van der Waals surface area contributed by atoms with Crippen LogP contribution < -0.4 is 5.32 Å². The Labute approximate surface area is 149 Å². The predicted molar refractivity (Wildman–Crippen MR) is 87.0 cm³/mol. The molecule has 0 aliphatic heterocycles. The number of anilines is 1. The summed E-state index contributed by atoms with van der Waals surface area (Å²) in [5.41, 5.74) is -0.309. The Morgan fingerprint density at radius 2 is 2.04 bits per heavy atom. The van der Waals surface area contributed by atoms with Gasteiger partial charge >= 0.3 is 6.18 Å². The Hall–Kier alpha value is -3.56. The zero-order valence-corrected chi connectivity index (χ0v) is 13.5. The van der Waals surface area contributed by atoms with E-state index < -0.39 is 17.6 Å². The predicted octanol–water partition coefficient (Wildman–Crippen LogP) is 3.94. The number of hydrogen-bond acceptors (Lipinski definition) is 5. The molecule has 0 fully saturated rings. The lowest BCUT2D eigenvalue weighted by molar-refractivity contribution is -0.137. The number of carbonyl (C=O) groups is 1. The molecule has 0 bridgehead atoms. The van der Waals surface area contributed by atoms with Gasteiger partial charge in [0, 0.05) is 6.07 Å². The maximum Gasteiger partial charge on any atom is 0.416 e. The second kappa shape index (κ2) is 6.31. The number of furan rings is 1. The van der Waals surface area contributed by atoms with E-state index in [9.17, 15) is 18.0 Å². The number of fused-ring (bicyclic) bond motifs is 1. The number of nitrogens with one attached hydrogen (secondary N) is 1. The SMILES string of the molecule is O=C(Nc1nc2cc(C(F)(F)F)ccc2n1Cc1ccco1)c1ccon1. The molecule has 0 aliphatic rings. The normalized spacial score (nSPS) is 11.8. The van der Waals surface area contributed by atoms with Crippen LogP contribution >= 0.6 is 0 Å². The van der Waals surface area contributed by atoms with Gasteiger partial charge in [0.25, 0.3) is 5.91 Å². The van der Waals surface area contributed by atoms with Crippen molar-refractivity contribution in [1.82, 2.24) is 14.7 Å². The van der Waals surface area contributed by atoms with E-state index in [0.29, 0.717) is 11.3 Å². The summed E-state index contributed by atoms with van der Waals surface area (Å²) in [6, 6.07) is 7.95. The molecule has 1 N–H and O–H groups in total. The van der Waals surface area contributed by atoms with Crippen LogP contribution in [0.3, 0.4) is 0 Å². The molecule has 0 spiro atoms. The van der Waals surface area contributed by atoms with E-state index in [2.05, 4.69) is 20.0 Å². The van der Waals surface area contributed by atoms with Crippen molar-refractivity contribution in [2.24, 2.45) is 0 Å². The van der Waals surface area contributed by atoms with Crippen molar-refractivity contribution in [3.05, 3.63) is 65.9 Å². The molecular formula is C17H11F3N4O3. The molecule has 0 saturated carbocycles. The third-order valence-electron chi connectivity index (χ3n) is 3.87. The highest BCUT2D eigenvalue weighted by Crippen LogP contribution is 2.32. The van der Waals surface area contributed by atoms with Gasteiger partial charge in [0.2, 0.25) is 5.95 Å². The number of hydrogen-bond donors (Lipinski definition) is 1. The highest BCUT2D eigenvalue weighted by Gasteiger charge is 2.31. The molecule has 0 saturated heterocycles. The van der Waals surface area contributed by atoms with Gasteiger partial charge in [-0.3, -0.25) is 10.1 Å². The van der Waals surface area contributed by atoms with E-state index in [1.807, 2.05) is 0 Å². The Morgan fingerprint density at radius 3 is 2.70 bits per heavy atom. The fourth-order valence-corrected chi connectivity index (χ4v) is 2.62. The lowest BCUT2D eigenvalue weighted by Gasteiger charge is -2.09. The van der Waals surface area contributed by atoms with Crippen molar-refractivity contribution in [2.75, 3.05) is 5.32 Å². The number of aromatic nitrogens is 3. The molecule has 27 heavy (non-hydrogen) atoms. The van der Waals surface area contributed by atoms with Crippen LogP contribution in [0, 0.1) is 0 Å². The maximum absolute atomic E-state index is 13.0. The number of benzene rings is 1. The Morgan fingerprint density at radius 1 is 1.19 bits per heavy atom. The summed E-state index contributed by atoms with van der Waals surface area (Å²) in [4.78, 5) is 16.4. The number of carbonyl (C=O) groups excluding carboxylic acids is 1. The molecule has 3 heterocycles. The number of amides is 1. The lowest BCUT2D eigenvalue weighted by Crippen LogP contribution is -2.16. The largest absolute Gasteiger partial charge is 0.467 e. The molecule has 3 aromatic heterocycles. The summed E-state index contributed by atoms with van der Waals surface area (Å²) < 4.78 is 50.4. The minimum atomic E-state index is -4.50. The fraction of sp³-hybridized carbons (Fsp3) is 0.118. The van der Waals surface area contributed by atoms with Gasteiger partial charge in [-0.2, -0.15) is 13.2 Å². The van der Waals surface area contributed by atoms with Crippen LogP contribution in [0.1, 0.15) is 21.8 Å². The quantitative estimate of drug-likeness (QED) is 0.583. The lowest BCUT2D eigenvalue weighted by atomic mass is 10.2. The van der Waals surface area contributed by atoms with E-state index in [1.54, 1.807) is 16.7 Å². The Kier molecular flexibility index (Phi) is 3.94. The van der Waals surface area contributed by atoms with Crippen molar-refractivity contribution in [1.29, 1.82) is 0 Å². The maximum atomic E-state index is 13.0. The minimum absolute atomic E-state index is 0.0163. The van der Waals surface area contributed by atoms with Gasteiger partial charge in [0.1, 0.15) is 12.0 Å². The van der Waals surface area contributed by atoms with Crippen LogP contribution in [0.25, 0.3) is 11.0 Å². The van der Waals surface area contributed by atoms with Crippen LogP contribution in [0.4, 0.5) is 19.1 Å². The summed E-state index contributed by atoms with van der Waals surface area (Å²) in [7, 11) is 0. The average molecular weight is 376 g/mol. The smallest absolute Gasteiger partial charge is 0.416 e. The van der Waals surface area contributed by atoms with Gasteiger partial charge in [0.15, 0.2) is 5.69 Å². The molecule has 7 nitrogen and oxygen atoms in total. The molecule has 0 aliphatic carbocycles. The zero-order chi connectivity index (χ0) is 19.0. The number of nitrogens with zero attached hydrogens (tertiary/aromatic N) is 3. The molecule has 4 rings (SSSR count). The molecule has 0 unspecified atom stereocenters. The highest BCUT2D eigenvalue weighted by molar-refractivity contribution is 6.02. The van der Waals surface area contributed by atoms with Crippen LogP contribution in [-0.2, 0) is 12.7 Å². The summed E-state index contributed by atoms with van der Waals surface area (Å²) in [6.45, 7) is 0.170. The van der Waals surface area contributed by atoms with Gasteiger partial charge in [-0.05, 0) is 30.3 Å². The first kappa shape index (κ1) is 16.9. The number of imidazole rings is 1.